The predicted octanol–water partition coefficient (Wildman–Crippen LogP) is 17.8. The van der Waals surface area contributed by atoms with Gasteiger partial charge in [0.15, 0.2) is 12.1 Å². The summed E-state index contributed by atoms with van der Waals surface area (Å²) in [5.41, 5.74) is 10.3. The highest BCUT2D eigenvalue weighted by Gasteiger charge is 2.42. The van der Waals surface area contributed by atoms with Crippen LogP contribution >= 0.6 is 22.7 Å². The Labute approximate surface area is 710 Å². The van der Waals surface area contributed by atoms with E-state index in [1.807, 2.05) is 284 Å². The molecule has 9 aromatic carbocycles. The first-order valence-electron chi connectivity index (χ1n) is 39.9. The number of aromatic nitrogens is 4. The minimum absolute atomic E-state index is 0.0275. The van der Waals surface area contributed by atoms with Crippen LogP contribution < -0.4 is 37.1 Å². The number of carbonyl (C=O) groups is 6. The Morgan fingerprint density at radius 1 is 0.425 bits per heavy atom. The smallest absolute Gasteiger partial charge is 0.413 e. The van der Waals surface area contributed by atoms with Crippen LogP contribution in [0, 0.1) is 10.1 Å². The molecule has 11 aromatic rings. The van der Waals surface area contributed by atoms with Crippen molar-refractivity contribution in [2.24, 2.45) is 5.73 Å². The first-order valence-corrected chi connectivity index (χ1v) is 41.6. The van der Waals surface area contributed by atoms with E-state index in [0.29, 0.717) is 15.9 Å². The summed E-state index contributed by atoms with van der Waals surface area (Å²) >= 11 is 2.84. The number of non-ortho nitro benzene ring substituents is 1. The molecule has 0 fully saturated rings. The SMILES string of the molecule is CC(OC(C)(C)C)[C@H](NC(=O)Oc1ccc([N+](=O)[O-])cc1)C(=O)OCc1ccccc1.CC[C@H](C)c1nnc([C@@H](N)CC(=O)NC(c2ccccc2)(c2ccccc2)c2ccccc2)s1.CC[C@H](C)c1nnc([C@H](CC(=O)NC(c2ccccc2)(c2ccccc2)c2ccccc2)NC(=O)N[C@H](C(=O)OCc2ccccc2)C(C)OC(C)(C)C)s1. The van der Waals surface area contributed by atoms with E-state index >= 15 is 0 Å². The van der Waals surface area contributed by atoms with Crippen LogP contribution in [-0.2, 0) is 62.4 Å². The first-order chi connectivity index (χ1) is 57.5. The van der Waals surface area contributed by atoms with Crippen LogP contribution in [0.5, 0.6) is 5.75 Å². The van der Waals surface area contributed by atoms with Crippen molar-refractivity contribution in [3.63, 3.8) is 0 Å². The molecular formula is C94H107N11O13S2. The molecule has 0 aliphatic carbocycles. The lowest BCUT2D eigenvalue weighted by Gasteiger charge is -2.37. The van der Waals surface area contributed by atoms with Gasteiger partial charge in [0.25, 0.3) is 5.69 Å². The fourth-order valence-electron chi connectivity index (χ4n) is 13.2. The summed E-state index contributed by atoms with van der Waals surface area (Å²) in [6, 6.07) is 78.6. The monoisotopic (exact) mass is 1660 g/mol. The molecule has 120 heavy (non-hydrogen) atoms. The third-order valence-corrected chi connectivity index (χ3v) is 21.9. The van der Waals surface area contributed by atoms with E-state index < -0.39 is 87.6 Å². The quantitative estimate of drug-likeness (QED) is 0.00963. The minimum atomic E-state index is -1.16. The molecule has 26 heteroatoms. The van der Waals surface area contributed by atoms with Gasteiger partial charge in [-0.15, -0.1) is 20.4 Å². The van der Waals surface area contributed by atoms with Crippen molar-refractivity contribution >= 4 is 64.2 Å². The molecule has 8 atom stereocenters. The molecule has 11 rings (SSSR count). The summed E-state index contributed by atoms with van der Waals surface area (Å²) in [6.45, 7) is 22.9. The lowest BCUT2D eigenvalue weighted by Crippen LogP contribution is -2.54. The van der Waals surface area contributed by atoms with Crippen LogP contribution in [0.15, 0.2) is 267 Å². The Kier molecular flexibility index (Phi) is 33.6. The van der Waals surface area contributed by atoms with Crippen LogP contribution in [0.4, 0.5) is 15.3 Å². The van der Waals surface area contributed by atoms with Crippen LogP contribution in [0.1, 0.15) is 197 Å². The molecule has 2 heterocycles. The van der Waals surface area contributed by atoms with Gasteiger partial charge in [-0.1, -0.05) is 293 Å². The maximum absolute atomic E-state index is 14.5. The van der Waals surface area contributed by atoms with E-state index in [2.05, 4.69) is 74.7 Å². The highest BCUT2D eigenvalue weighted by molar-refractivity contribution is 7.11. The number of ether oxygens (including phenoxy) is 5. The van der Waals surface area contributed by atoms with Gasteiger partial charge in [-0.2, -0.15) is 0 Å². The number of benzene rings is 9. The average Bonchev–Trinajstić information content (AvgIpc) is 0.769. The fraction of sp³-hybridized carbons (Fsp3) is 0.319. The van der Waals surface area contributed by atoms with Gasteiger partial charge >= 0.3 is 24.1 Å². The number of amides is 5. The van der Waals surface area contributed by atoms with Gasteiger partial charge < -0.3 is 56.0 Å². The average molecular weight is 1660 g/mol. The molecule has 7 N–H and O–H groups in total. The van der Waals surface area contributed by atoms with Gasteiger partial charge in [0.05, 0.1) is 46.8 Å². The van der Waals surface area contributed by atoms with Gasteiger partial charge in [-0.25, -0.2) is 19.2 Å². The standard InChI is InChI=1S/C44H51N5O5S.C28H30N4OS.C22H26N2O7/c1-7-30(2)39-48-49-40(55-39)36(45-42(52)46-38(31(3)54-43(4,5)6)41(51)53-29-32-20-12-8-13-21-32)28-37(50)47-44(33-22-14-9-15-23-33,34-24-16-10-17-25-34)35-26-18-11-19-27-35;1-3-20(2)26-31-32-27(34-26)24(29)19-25(33)30-28(21-13-7-4-8-14-21,22-15-9-5-10-16-22)23-17-11-6-12-18-23;1-15(31-22(2,3)4)19(20(25)29-14-16-8-6-5-7-9-16)23-21(26)30-18-12-10-17(11-13-18)24(27)28/h8-27,30-31,36,38H,7,28-29H2,1-6H3,(H,47,50)(H2,45,46,52);4-18,20,24H,3,19,29H2,1-2H3,(H,30,33);5-13,15,19H,14H2,1-4H3,(H,23,26)/t30-,31?,36-,38-;20-,24-;15?,19-/m000/s1. The molecule has 5 amide bonds. The van der Waals surface area contributed by atoms with Crippen molar-refractivity contribution in [3.05, 3.63) is 342 Å². The summed E-state index contributed by atoms with van der Waals surface area (Å²) in [4.78, 5) is 90.8. The van der Waals surface area contributed by atoms with Gasteiger partial charge in [0.1, 0.15) is 50.1 Å². The number of nitro benzene ring substituents is 1. The number of hydrogen-bond donors (Lipinski definition) is 6. The second-order valence-electron chi connectivity index (χ2n) is 30.9. The van der Waals surface area contributed by atoms with Crippen LogP contribution in [0.2, 0.25) is 0 Å². The normalized spacial score (nSPS) is 13.5. The first kappa shape index (κ1) is 91.7. The number of urea groups is 1. The molecule has 0 aliphatic heterocycles. The Hall–Kier alpha value is -12.2. The number of hydrogen-bond acceptors (Lipinski definition) is 20. The van der Waals surface area contributed by atoms with E-state index in [1.54, 1.807) is 13.8 Å². The summed E-state index contributed by atoms with van der Waals surface area (Å²) in [6.07, 6.45) is -0.611. The Morgan fingerprint density at radius 3 is 1.08 bits per heavy atom. The molecule has 24 nitrogen and oxygen atoms in total. The van der Waals surface area contributed by atoms with Gasteiger partial charge in [0.2, 0.25) is 11.8 Å². The highest BCUT2D eigenvalue weighted by Crippen LogP contribution is 2.40. The lowest BCUT2D eigenvalue weighted by molar-refractivity contribution is -0.384. The summed E-state index contributed by atoms with van der Waals surface area (Å²) < 4.78 is 28.1. The van der Waals surface area contributed by atoms with Crippen LogP contribution in [0.25, 0.3) is 0 Å². The molecule has 0 spiro atoms. The summed E-state index contributed by atoms with van der Waals surface area (Å²) in [5.74, 6) is -1.27. The largest absolute Gasteiger partial charge is 0.459 e. The van der Waals surface area contributed by atoms with E-state index in [1.165, 1.54) is 46.9 Å². The molecule has 0 bridgehead atoms. The molecule has 0 radical (unpaired) electrons. The Bertz CT molecular complexity index is 4840. The van der Waals surface area contributed by atoms with Crippen molar-refractivity contribution in [3.8, 4) is 5.75 Å². The summed E-state index contributed by atoms with van der Waals surface area (Å²) in [7, 11) is 0. The van der Waals surface area contributed by atoms with Gasteiger partial charge in [-0.3, -0.25) is 19.7 Å². The fourth-order valence-corrected chi connectivity index (χ4v) is 15.2. The van der Waals surface area contributed by atoms with Crippen LogP contribution in [0.3, 0.4) is 0 Å². The number of nitrogens with one attached hydrogen (secondary N) is 5. The summed E-state index contributed by atoms with van der Waals surface area (Å²) in [5, 5.41) is 46.0. The molecule has 0 saturated carbocycles. The molecule has 2 aromatic heterocycles. The topological polar surface area (TPSA) is 329 Å². The van der Waals surface area contributed by atoms with Crippen molar-refractivity contribution < 1.29 is 57.4 Å². The van der Waals surface area contributed by atoms with Crippen LogP contribution in [-0.4, -0.2) is 96.7 Å². The highest BCUT2D eigenvalue weighted by atomic mass is 32.1. The predicted molar refractivity (Wildman–Crippen MR) is 465 cm³/mol. The number of nitrogens with zero attached hydrogens (tertiary/aromatic N) is 5. The van der Waals surface area contributed by atoms with Crippen molar-refractivity contribution in [1.29, 1.82) is 0 Å². The van der Waals surface area contributed by atoms with Gasteiger partial charge in [-0.05, 0) is 125 Å². The van der Waals surface area contributed by atoms with E-state index in [-0.39, 0.29) is 55.2 Å². The van der Waals surface area contributed by atoms with Gasteiger partial charge in [0, 0.05) is 30.4 Å². The molecule has 0 aliphatic rings. The zero-order valence-corrected chi connectivity index (χ0v) is 71.3. The molecule has 628 valence electrons. The van der Waals surface area contributed by atoms with E-state index in [9.17, 15) is 38.9 Å². The maximum atomic E-state index is 14.5. The second-order valence-corrected chi connectivity index (χ2v) is 32.9. The number of nitrogens with two attached hydrogens (primary N) is 1. The zero-order valence-electron chi connectivity index (χ0n) is 69.7. The van der Waals surface area contributed by atoms with Crippen molar-refractivity contribution in [2.75, 3.05) is 0 Å². The second kappa shape index (κ2) is 44.0. The Morgan fingerprint density at radius 2 is 0.742 bits per heavy atom. The number of nitro groups is 1. The van der Waals surface area contributed by atoms with Crippen molar-refractivity contribution in [2.45, 2.75) is 192 Å². The molecule has 2 unspecified atom stereocenters. The van der Waals surface area contributed by atoms with E-state index in [4.69, 9.17) is 29.4 Å². The number of rotatable bonds is 33. The number of carbonyl (C=O) groups excluding carboxylic acids is 6. The number of esters is 2. The third kappa shape index (κ3) is 26.4. The van der Waals surface area contributed by atoms with Crippen molar-refractivity contribution in [1.82, 2.24) is 47.0 Å². The Balaban J connectivity index is 0.000000217. The minimum Gasteiger partial charge on any atom is -0.459 e. The maximum Gasteiger partial charge on any atom is 0.413 e. The van der Waals surface area contributed by atoms with E-state index in [0.717, 1.165) is 67.4 Å². The lowest BCUT2D eigenvalue weighted by atomic mass is 9.77. The third-order valence-electron chi connectivity index (χ3n) is 19.4. The molecule has 0 saturated heterocycles. The molecular weight excluding hydrogens is 1560 g/mol. The zero-order chi connectivity index (χ0) is 86.4.